The standard InChI is InChI=1S/C16H24N2O2/c1-2-13-3-5-14(6-4-13)11-17-12-15-7-9-16(10-8-15)18(19)20/h7-10,13-14,17H,2-6,11-12H2,1H3. The van der Waals surface area contributed by atoms with Crippen LogP contribution in [0.15, 0.2) is 24.3 Å². The highest BCUT2D eigenvalue weighted by atomic mass is 16.6. The Kier molecular flexibility index (Phi) is 5.53. The third-order valence-electron chi connectivity index (χ3n) is 4.45. The molecule has 0 saturated heterocycles. The molecule has 4 heteroatoms. The number of hydrogen-bond acceptors (Lipinski definition) is 3. The van der Waals surface area contributed by atoms with E-state index in [1.165, 1.54) is 32.1 Å². The van der Waals surface area contributed by atoms with Gasteiger partial charge in [0.05, 0.1) is 4.92 Å². The first kappa shape index (κ1) is 15.0. The second-order valence-electron chi connectivity index (χ2n) is 5.85. The number of benzene rings is 1. The molecule has 0 unspecified atom stereocenters. The van der Waals surface area contributed by atoms with E-state index in [4.69, 9.17) is 0 Å². The monoisotopic (exact) mass is 276 g/mol. The van der Waals surface area contributed by atoms with Crippen molar-refractivity contribution in [2.45, 2.75) is 45.6 Å². The average molecular weight is 276 g/mol. The van der Waals surface area contributed by atoms with Crippen LogP contribution in [0.1, 0.15) is 44.6 Å². The fourth-order valence-electron chi connectivity index (χ4n) is 3.00. The van der Waals surface area contributed by atoms with Crippen molar-refractivity contribution in [1.82, 2.24) is 5.32 Å². The number of nitrogens with zero attached hydrogens (tertiary/aromatic N) is 1. The maximum absolute atomic E-state index is 10.6. The molecule has 1 saturated carbocycles. The molecular weight excluding hydrogens is 252 g/mol. The minimum Gasteiger partial charge on any atom is -0.312 e. The maximum atomic E-state index is 10.6. The van der Waals surface area contributed by atoms with Crippen LogP contribution in [-0.4, -0.2) is 11.5 Å². The smallest absolute Gasteiger partial charge is 0.269 e. The van der Waals surface area contributed by atoms with Crippen LogP contribution in [0.2, 0.25) is 0 Å². The van der Waals surface area contributed by atoms with Gasteiger partial charge >= 0.3 is 0 Å². The Morgan fingerprint density at radius 1 is 1.15 bits per heavy atom. The lowest BCUT2D eigenvalue weighted by atomic mass is 9.81. The first-order chi connectivity index (χ1) is 9.69. The van der Waals surface area contributed by atoms with Crippen molar-refractivity contribution in [2.24, 2.45) is 11.8 Å². The van der Waals surface area contributed by atoms with Gasteiger partial charge in [-0.2, -0.15) is 0 Å². The van der Waals surface area contributed by atoms with Crippen molar-refractivity contribution in [3.8, 4) is 0 Å². The molecule has 0 heterocycles. The van der Waals surface area contributed by atoms with Gasteiger partial charge in [0.1, 0.15) is 0 Å². The molecular formula is C16H24N2O2. The summed E-state index contributed by atoms with van der Waals surface area (Å²) in [5, 5.41) is 14.1. The van der Waals surface area contributed by atoms with Gasteiger partial charge in [0.2, 0.25) is 0 Å². The largest absolute Gasteiger partial charge is 0.312 e. The van der Waals surface area contributed by atoms with Gasteiger partial charge in [-0.15, -0.1) is 0 Å². The van der Waals surface area contributed by atoms with Crippen molar-refractivity contribution in [1.29, 1.82) is 0 Å². The van der Waals surface area contributed by atoms with Gasteiger partial charge in [0, 0.05) is 18.7 Å². The number of nitro benzene ring substituents is 1. The molecule has 1 aliphatic rings. The highest BCUT2D eigenvalue weighted by Gasteiger charge is 2.19. The van der Waals surface area contributed by atoms with Crippen molar-refractivity contribution in [3.05, 3.63) is 39.9 Å². The summed E-state index contributed by atoms with van der Waals surface area (Å²) in [6.07, 6.45) is 6.75. The van der Waals surface area contributed by atoms with Gasteiger partial charge in [0.25, 0.3) is 5.69 Å². The minimum absolute atomic E-state index is 0.159. The van der Waals surface area contributed by atoms with Crippen LogP contribution in [0.3, 0.4) is 0 Å². The van der Waals surface area contributed by atoms with E-state index in [-0.39, 0.29) is 10.6 Å². The van der Waals surface area contributed by atoms with Crippen molar-refractivity contribution >= 4 is 5.69 Å². The molecule has 2 rings (SSSR count). The second-order valence-corrected chi connectivity index (χ2v) is 5.85. The van der Waals surface area contributed by atoms with E-state index in [0.717, 1.165) is 30.5 Å². The normalized spacial score (nSPS) is 22.6. The summed E-state index contributed by atoms with van der Waals surface area (Å²) in [6, 6.07) is 6.81. The minimum atomic E-state index is -0.358. The number of hydrogen-bond donors (Lipinski definition) is 1. The van der Waals surface area contributed by atoms with E-state index in [9.17, 15) is 10.1 Å². The molecule has 0 aliphatic heterocycles. The molecule has 1 fully saturated rings. The molecule has 0 radical (unpaired) electrons. The summed E-state index contributed by atoms with van der Waals surface area (Å²) in [4.78, 5) is 10.2. The maximum Gasteiger partial charge on any atom is 0.269 e. The number of non-ortho nitro benzene ring substituents is 1. The molecule has 4 nitrogen and oxygen atoms in total. The van der Waals surface area contributed by atoms with Crippen LogP contribution in [0.5, 0.6) is 0 Å². The molecule has 0 atom stereocenters. The lowest BCUT2D eigenvalue weighted by Crippen LogP contribution is -2.26. The van der Waals surface area contributed by atoms with E-state index in [0.29, 0.717) is 0 Å². The van der Waals surface area contributed by atoms with Crippen molar-refractivity contribution in [2.75, 3.05) is 6.54 Å². The Labute approximate surface area is 120 Å². The van der Waals surface area contributed by atoms with Gasteiger partial charge < -0.3 is 5.32 Å². The zero-order valence-electron chi connectivity index (χ0n) is 12.2. The van der Waals surface area contributed by atoms with Crippen LogP contribution >= 0.6 is 0 Å². The van der Waals surface area contributed by atoms with Crippen molar-refractivity contribution in [3.63, 3.8) is 0 Å². The van der Waals surface area contributed by atoms with Gasteiger partial charge in [-0.1, -0.05) is 38.3 Å². The summed E-state index contributed by atoms with van der Waals surface area (Å²) >= 11 is 0. The highest BCUT2D eigenvalue weighted by Crippen LogP contribution is 2.30. The van der Waals surface area contributed by atoms with Crippen LogP contribution in [-0.2, 0) is 6.54 Å². The molecule has 0 bridgehead atoms. The van der Waals surface area contributed by atoms with E-state index < -0.39 is 0 Å². The van der Waals surface area contributed by atoms with Crippen molar-refractivity contribution < 1.29 is 4.92 Å². The molecule has 1 aliphatic carbocycles. The Bertz CT molecular complexity index is 423. The Balaban J connectivity index is 1.69. The third-order valence-corrected chi connectivity index (χ3v) is 4.45. The molecule has 1 aromatic carbocycles. The van der Waals surface area contributed by atoms with Crippen LogP contribution in [0.25, 0.3) is 0 Å². The van der Waals surface area contributed by atoms with E-state index >= 15 is 0 Å². The topological polar surface area (TPSA) is 55.2 Å². The Morgan fingerprint density at radius 2 is 1.75 bits per heavy atom. The summed E-state index contributed by atoms with van der Waals surface area (Å²) in [5.41, 5.74) is 1.27. The number of rotatable bonds is 6. The molecule has 1 N–H and O–H groups in total. The molecule has 20 heavy (non-hydrogen) atoms. The fourth-order valence-corrected chi connectivity index (χ4v) is 3.00. The molecule has 1 aromatic rings. The molecule has 110 valence electrons. The van der Waals surface area contributed by atoms with Crippen LogP contribution in [0.4, 0.5) is 5.69 Å². The quantitative estimate of drug-likeness (QED) is 0.633. The van der Waals surface area contributed by atoms with E-state index in [2.05, 4.69) is 12.2 Å². The zero-order valence-corrected chi connectivity index (χ0v) is 12.2. The second kappa shape index (κ2) is 7.39. The van der Waals surface area contributed by atoms with Gasteiger partial charge in [0.15, 0.2) is 0 Å². The Hall–Kier alpha value is -1.42. The van der Waals surface area contributed by atoms with Gasteiger partial charge in [-0.05, 0) is 36.8 Å². The van der Waals surface area contributed by atoms with Gasteiger partial charge in [-0.25, -0.2) is 0 Å². The van der Waals surface area contributed by atoms with E-state index in [1.807, 2.05) is 12.1 Å². The first-order valence-electron chi connectivity index (χ1n) is 7.63. The van der Waals surface area contributed by atoms with E-state index in [1.54, 1.807) is 12.1 Å². The molecule has 0 spiro atoms. The van der Waals surface area contributed by atoms with Gasteiger partial charge in [-0.3, -0.25) is 10.1 Å². The third kappa shape index (κ3) is 4.30. The summed E-state index contributed by atoms with van der Waals surface area (Å²) in [5.74, 6) is 1.75. The summed E-state index contributed by atoms with van der Waals surface area (Å²) < 4.78 is 0. The number of nitro groups is 1. The lowest BCUT2D eigenvalue weighted by molar-refractivity contribution is -0.384. The first-order valence-corrected chi connectivity index (χ1v) is 7.63. The predicted molar refractivity (Wildman–Crippen MR) is 80.5 cm³/mol. The summed E-state index contributed by atoms with van der Waals surface area (Å²) in [7, 11) is 0. The molecule has 0 aromatic heterocycles. The average Bonchev–Trinajstić information content (AvgIpc) is 2.48. The Morgan fingerprint density at radius 3 is 2.30 bits per heavy atom. The fraction of sp³-hybridized carbons (Fsp3) is 0.625. The zero-order chi connectivity index (χ0) is 14.4. The SMILES string of the molecule is CCC1CCC(CNCc2ccc([N+](=O)[O-])cc2)CC1. The summed E-state index contributed by atoms with van der Waals surface area (Å²) in [6.45, 7) is 4.15. The highest BCUT2D eigenvalue weighted by molar-refractivity contribution is 5.32. The lowest BCUT2D eigenvalue weighted by Gasteiger charge is -2.27. The number of nitrogens with one attached hydrogen (secondary N) is 1. The predicted octanol–water partition coefficient (Wildman–Crippen LogP) is 3.90. The molecule has 0 amide bonds. The van der Waals surface area contributed by atoms with Crippen LogP contribution < -0.4 is 5.32 Å². The van der Waals surface area contributed by atoms with Crippen LogP contribution in [0, 0.1) is 22.0 Å².